The van der Waals surface area contributed by atoms with Gasteiger partial charge in [-0.2, -0.15) is 5.26 Å². The minimum atomic E-state index is -0.674. The molecule has 0 heterocycles. The smallest absolute Gasteiger partial charge is 0.276 e. The molecule has 0 bridgehead atoms. The third-order valence-electron chi connectivity index (χ3n) is 4.01. The number of nitriles is 1. The van der Waals surface area contributed by atoms with E-state index in [-0.39, 0.29) is 27.3 Å². The summed E-state index contributed by atoms with van der Waals surface area (Å²) >= 11 is 10.2. The molecular weight excluding hydrogens is 426 g/mol. The van der Waals surface area contributed by atoms with E-state index >= 15 is 0 Å². The molecule has 4 N–H and O–H groups in total. The number of nitrogens with two attached hydrogens (primary N) is 2. The lowest BCUT2D eigenvalue weighted by Crippen LogP contribution is -2.23. The third kappa shape index (κ3) is 5.76. The molecule has 0 radical (unpaired) electrons. The van der Waals surface area contributed by atoms with E-state index < -0.39 is 9.85 Å². The fourth-order valence-electron chi connectivity index (χ4n) is 2.82. The molecular formula is C19H19N5O4S2. The predicted molar refractivity (Wildman–Crippen MR) is 122 cm³/mol. The van der Waals surface area contributed by atoms with Crippen LogP contribution in [-0.4, -0.2) is 19.8 Å². The molecule has 0 atom stereocenters. The molecule has 2 aromatic rings. The molecule has 156 valence electrons. The Morgan fingerprint density at radius 3 is 1.83 bits per heavy atom. The number of thiocarbonyl (C=S) groups is 2. The Balaban J connectivity index is 0.000000325. The molecule has 11 heteroatoms. The summed E-state index contributed by atoms with van der Waals surface area (Å²) in [6.45, 7) is 5.81. The van der Waals surface area contributed by atoms with E-state index in [2.05, 4.69) is 6.07 Å². The zero-order valence-electron chi connectivity index (χ0n) is 16.4. The number of nitro benzene ring substituents is 2. The number of rotatable bonds is 5. The van der Waals surface area contributed by atoms with E-state index in [1.165, 1.54) is 18.2 Å². The second-order valence-electron chi connectivity index (χ2n) is 6.43. The molecule has 0 saturated heterocycles. The van der Waals surface area contributed by atoms with Crippen molar-refractivity contribution in [3.05, 3.63) is 78.4 Å². The number of nitro groups is 2. The van der Waals surface area contributed by atoms with Gasteiger partial charge >= 0.3 is 0 Å². The lowest BCUT2D eigenvalue weighted by atomic mass is 9.86. The van der Waals surface area contributed by atoms with Gasteiger partial charge in [0.2, 0.25) is 0 Å². The quantitative estimate of drug-likeness (QED) is 0.396. The summed E-state index contributed by atoms with van der Waals surface area (Å²) in [6, 6.07) is 8.56. The summed E-state index contributed by atoms with van der Waals surface area (Å²) in [5, 5.41) is 29.5. The average molecular weight is 446 g/mol. The van der Waals surface area contributed by atoms with Crippen LogP contribution in [0.3, 0.4) is 0 Å². The van der Waals surface area contributed by atoms with Crippen molar-refractivity contribution < 1.29 is 9.85 Å². The lowest BCUT2D eigenvalue weighted by Gasteiger charge is -2.19. The molecule has 0 aliphatic heterocycles. The van der Waals surface area contributed by atoms with E-state index in [0.29, 0.717) is 16.7 Å². The summed E-state index contributed by atoms with van der Waals surface area (Å²) < 4.78 is 0. The highest BCUT2D eigenvalue weighted by atomic mass is 32.1. The summed E-state index contributed by atoms with van der Waals surface area (Å²) in [5.74, 6) is 0.116. The summed E-state index contributed by atoms with van der Waals surface area (Å²) in [7, 11) is 0. The number of nitrogens with zero attached hydrogens (tertiary/aromatic N) is 3. The van der Waals surface area contributed by atoms with Gasteiger partial charge in [0.25, 0.3) is 11.4 Å². The van der Waals surface area contributed by atoms with Crippen molar-refractivity contribution in [2.75, 3.05) is 0 Å². The molecule has 0 fully saturated rings. The first-order chi connectivity index (χ1) is 13.9. The number of aryl methyl sites for hydroxylation is 1. The Morgan fingerprint density at radius 1 is 1.03 bits per heavy atom. The zero-order chi connectivity index (χ0) is 23.2. The zero-order valence-corrected chi connectivity index (χ0v) is 18.0. The van der Waals surface area contributed by atoms with Gasteiger partial charge < -0.3 is 11.5 Å². The van der Waals surface area contributed by atoms with Gasteiger partial charge in [0, 0.05) is 23.3 Å². The van der Waals surface area contributed by atoms with Crippen molar-refractivity contribution >= 4 is 45.8 Å². The van der Waals surface area contributed by atoms with Crippen molar-refractivity contribution in [3.8, 4) is 6.07 Å². The second-order valence-corrected chi connectivity index (χ2v) is 7.31. The van der Waals surface area contributed by atoms with Crippen LogP contribution in [0.5, 0.6) is 0 Å². The molecule has 0 aromatic heterocycles. The van der Waals surface area contributed by atoms with Crippen LogP contribution in [0.15, 0.2) is 30.3 Å². The molecule has 0 aliphatic carbocycles. The van der Waals surface area contributed by atoms with Crippen LogP contribution in [0.1, 0.15) is 47.6 Å². The fourth-order valence-corrected chi connectivity index (χ4v) is 3.29. The van der Waals surface area contributed by atoms with Gasteiger partial charge in [-0.3, -0.25) is 20.2 Å². The first-order valence-electron chi connectivity index (χ1n) is 8.48. The standard InChI is InChI=1S/C13H15N3S2.C6H4N2O4/c1-6(2)9-8(5-14)4-7(3)10(12(15)17)11(9)13(16)18;9-7(10)5-2-1-3-6(4-5)8(11)12/h4,6H,1-3H3,(H2,15,17)(H2,16,18);1-4H. The second kappa shape index (κ2) is 10.3. The summed E-state index contributed by atoms with van der Waals surface area (Å²) in [6.07, 6.45) is 0. The Labute approximate surface area is 183 Å². The topological polar surface area (TPSA) is 162 Å². The lowest BCUT2D eigenvalue weighted by molar-refractivity contribution is -0.394. The highest BCUT2D eigenvalue weighted by Gasteiger charge is 2.21. The Hall–Kier alpha value is -3.49. The van der Waals surface area contributed by atoms with Gasteiger partial charge in [-0.1, -0.05) is 38.3 Å². The van der Waals surface area contributed by atoms with Crippen molar-refractivity contribution in [1.82, 2.24) is 0 Å². The highest BCUT2D eigenvalue weighted by Crippen LogP contribution is 2.29. The van der Waals surface area contributed by atoms with Gasteiger partial charge in [-0.05, 0) is 36.1 Å². The minimum absolute atomic E-state index is 0.116. The normalized spacial score (nSPS) is 9.83. The van der Waals surface area contributed by atoms with Gasteiger partial charge in [0.15, 0.2) is 0 Å². The molecule has 0 unspecified atom stereocenters. The molecule has 0 spiro atoms. The van der Waals surface area contributed by atoms with Crippen LogP contribution in [0.2, 0.25) is 0 Å². The largest absolute Gasteiger partial charge is 0.389 e. The molecule has 0 saturated carbocycles. The molecule has 0 aliphatic rings. The van der Waals surface area contributed by atoms with E-state index in [1.807, 2.05) is 20.8 Å². The first-order valence-corrected chi connectivity index (χ1v) is 9.30. The summed E-state index contributed by atoms with van der Waals surface area (Å²) in [5.41, 5.74) is 14.5. The van der Waals surface area contributed by atoms with E-state index in [0.717, 1.165) is 17.2 Å². The van der Waals surface area contributed by atoms with Crippen LogP contribution in [0.4, 0.5) is 11.4 Å². The number of hydrogen-bond donors (Lipinski definition) is 2. The highest BCUT2D eigenvalue weighted by molar-refractivity contribution is 7.81. The number of non-ortho nitro benzene ring substituents is 2. The number of benzene rings is 2. The summed E-state index contributed by atoms with van der Waals surface area (Å²) in [4.78, 5) is 19.4. The van der Waals surface area contributed by atoms with Crippen LogP contribution in [-0.2, 0) is 0 Å². The van der Waals surface area contributed by atoms with E-state index in [1.54, 1.807) is 6.07 Å². The maximum Gasteiger partial charge on any atom is 0.276 e. The predicted octanol–water partition coefficient (Wildman–Crippen LogP) is 3.76. The van der Waals surface area contributed by atoms with Crippen molar-refractivity contribution in [1.29, 1.82) is 5.26 Å². The molecule has 2 rings (SSSR count). The van der Waals surface area contributed by atoms with E-state index in [9.17, 15) is 25.5 Å². The Bertz CT molecular complexity index is 1050. The van der Waals surface area contributed by atoms with Gasteiger partial charge in [0.1, 0.15) is 9.98 Å². The molecule has 30 heavy (non-hydrogen) atoms. The van der Waals surface area contributed by atoms with Crippen molar-refractivity contribution in [3.63, 3.8) is 0 Å². The van der Waals surface area contributed by atoms with Crippen LogP contribution >= 0.6 is 24.4 Å². The molecule has 0 amide bonds. The SMILES string of the molecule is Cc1cc(C#N)c(C(C)C)c(C(N)=S)c1C(N)=S.O=[N+]([O-])c1cccc([N+](=O)[O-])c1. The minimum Gasteiger partial charge on any atom is -0.389 e. The Kier molecular flexibility index (Phi) is 8.46. The number of hydrogen-bond acceptors (Lipinski definition) is 7. The first kappa shape index (κ1) is 24.5. The molecule has 2 aromatic carbocycles. The average Bonchev–Trinajstić information content (AvgIpc) is 2.66. The van der Waals surface area contributed by atoms with Gasteiger partial charge in [-0.15, -0.1) is 0 Å². The fraction of sp³-hybridized carbons (Fsp3) is 0.211. The maximum atomic E-state index is 10.2. The monoisotopic (exact) mass is 445 g/mol. The van der Waals surface area contributed by atoms with Gasteiger partial charge in [-0.25, -0.2) is 0 Å². The van der Waals surface area contributed by atoms with Crippen molar-refractivity contribution in [2.45, 2.75) is 26.7 Å². The van der Waals surface area contributed by atoms with Crippen LogP contribution in [0.25, 0.3) is 0 Å². The van der Waals surface area contributed by atoms with Crippen LogP contribution in [0, 0.1) is 38.5 Å². The van der Waals surface area contributed by atoms with Gasteiger partial charge in [0.05, 0.1) is 27.5 Å². The Morgan fingerprint density at radius 2 is 1.50 bits per heavy atom. The third-order valence-corrected chi connectivity index (χ3v) is 4.41. The van der Waals surface area contributed by atoms with Crippen molar-refractivity contribution in [2.24, 2.45) is 11.5 Å². The molecule has 9 nitrogen and oxygen atoms in total. The maximum absolute atomic E-state index is 10.2. The van der Waals surface area contributed by atoms with E-state index in [4.69, 9.17) is 35.9 Å². The van der Waals surface area contributed by atoms with Crippen LogP contribution < -0.4 is 11.5 Å².